The maximum atomic E-state index is 5.91. The summed E-state index contributed by atoms with van der Waals surface area (Å²) in [5, 5.41) is 3.56. The minimum absolute atomic E-state index is 0.307. The zero-order valence-corrected chi connectivity index (χ0v) is 16.5. The predicted octanol–water partition coefficient (Wildman–Crippen LogP) is 5.90. The quantitative estimate of drug-likeness (QED) is 0.481. The summed E-state index contributed by atoms with van der Waals surface area (Å²) in [7, 11) is 1.70. The molecule has 1 atom stereocenters. The first-order valence-corrected chi connectivity index (χ1v) is 9.82. The van der Waals surface area contributed by atoms with E-state index in [1.165, 1.54) is 36.8 Å². The van der Waals surface area contributed by atoms with E-state index in [1.807, 2.05) is 12.1 Å². The highest BCUT2D eigenvalue weighted by atomic mass is 16.5. The van der Waals surface area contributed by atoms with Crippen LogP contribution in [0.4, 0.5) is 0 Å². The van der Waals surface area contributed by atoms with E-state index in [-0.39, 0.29) is 0 Å². The molecule has 0 spiro atoms. The molecule has 0 radical (unpaired) electrons. The number of methoxy groups -OCH3 is 1. The molecule has 0 bridgehead atoms. The van der Waals surface area contributed by atoms with Gasteiger partial charge in [-0.25, -0.2) is 0 Å². The highest BCUT2D eigenvalue weighted by Gasteiger charge is 2.08. The van der Waals surface area contributed by atoms with Crippen molar-refractivity contribution in [1.82, 2.24) is 5.32 Å². The summed E-state index contributed by atoms with van der Waals surface area (Å²) in [6.45, 7) is 5.97. The van der Waals surface area contributed by atoms with Crippen molar-refractivity contribution in [1.29, 1.82) is 0 Å². The Bertz CT molecular complexity index is 627. The van der Waals surface area contributed by atoms with Gasteiger partial charge in [-0.1, -0.05) is 69.0 Å². The number of hydrogen-bond acceptors (Lipinski definition) is 3. The molecule has 0 aromatic heterocycles. The van der Waals surface area contributed by atoms with Crippen molar-refractivity contribution >= 4 is 0 Å². The Morgan fingerprint density at radius 1 is 0.923 bits per heavy atom. The molecular formula is C23H33NO2. The molecule has 26 heavy (non-hydrogen) atoms. The van der Waals surface area contributed by atoms with Gasteiger partial charge in [-0.15, -0.1) is 0 Å². The molecule has 0 heterocycles. The maximum Gasteiger partial charge on any atom is 0.161 e. The number of benzene rings is 2. The molecule has 1 unspecified atom stereocenters. The number of unbranched alkanes of at least 4 members (excludes halogenated alkanes) is 4. The average molecular weight is 356 g/mol. The molecule has 142 valence electrons. The Labute approximate surface area is 158 Å². The van der Waals surface area contributed by atoms with Gasteiger partial charge in [0.25, 0.3) is 0 Å². The number of rotatable bonds is 12. The van der Waals surface area contributed by atoms with Crippen LogP contribution in [-0.2, 0) is 6.54 Å². The van der Waals surface area contributed by atoms with Crippen molar-refractivity contribution in [2.75, 3.05) is 13.7 Å². The second kappa shape index (κ2) is 11.6. The van der Waals surface area contributed by atoms with Crippen molar-refractivity contribution in [2.45, 2.75) is 58.5 Å². The van der Waals surface area contributed by atoms with Crippen molar-refractivity contribution < 1.29 is 9.47 Å². The first-order chi connectivity index (χ1) is 12.7. The summed E-state index contributed by atoms with van der Waals surface area (Å²) in [6, 6.07) is 17.0. The topological polar surface area (TPSA) is 30.5 Å². The van der Waals surface area contributed by atoms with Crippen LogP contribution in [0.1, 0.15) is 63.1 Å². The van der Waals surface area contributed by atoms with Crippen molar-refractivity contribution in [3.63, 3.8) is 0 Å². The van der Waals surface area contributed by atoms with Crippen LogP contribution >= 0.6 is 0 Å². The Morgan fingerprint density at radius 2 is 1.69 bits per heavy atom. The largest absolute Gasteiger partial charge is 0.493 e. The van der Waals surface area contributed by atoms with E-state index < -0.39 is 0 Å². The summed E-state index contributed by atoms with van der Waals surface area (Å²) < 4.78 is 11.4. The lowest BCUT2D eigenvalue weighted by atomic mass is 10.1. The molecule has 0 amide bonds. The van der Waals surface area contributed by atoms with Gasteiger partial charge in [0.2, 0.25) is 0 Å². The fraction of sp³-hybridized carbons (Fsp3) is 0.478. The molecule has 2 rings (SSSR count). The second-order valence-electron chi connectivity index (χ2n) is 6.76. The van der Waals surface area contributed by atoms with Crippen molar-refractivity contribution in [2.24, 2.45) is 0 Å². The average Bonchev–Trinajstić information content (AvgIpc) is 2.69. The molecule has 0 aliphatic carbocycles. The summed E-state index contributed by atoms with van der Waals surface area (Å²) in [5.41, 5.74) is 2.49. The van der Waals surface area contributed by atoms with E-state index in [9.17, 15) is 0 Å². The summed E-state index contributed by atoms with van der Waals surface area (Å²) in [5.74, 6) is 1.65. The summed E-state index contributed by atoms with van der Waals surface area (Å²) in [6.07, 6.45) is 6.21. The lowest BCUT2D eigenvalue weighted by Gasteiger charge is -2.16. The first kappa shape index (κ1) is 20.3. The maximum absolute atomic E-state index is 5.91. The zero-order chi connectivity index (χ0) is 18.6. The van der Waals surface area contributed by atoms with E-state index in [1.54, 1.807) is 7.11 Å². The van der Waals surface area contributed by atoms with E-state index in [0.717, 1.165) is 31.1 Å². The predicted molar refractivity (Wildman–Crippen MR) is 109 cm³/mol. The van der Waals surface area contributed by atoms with E-state index in [0.29, 0.717) is 6.04 Å². The van der Waals surface area contributed by atoms with E-state index in [4.69, 9.17) is 9.47 Å². The molecule has 2 aromatic rings. The Kier molecular flexibility index (Phi) is 9.05. The Hall–Kier alpha value is -2.00. The van der Waals surface area contributed by atoms with Gasteiger partial charge < -0.3 is 14.8 Å². The van der Waals surface area contributed by atoms with Gasteiger partial charge in [0.05, 0.1) is 13.7 Å². The normalized spacial score (nSPS) is 12.0. The summed E-state index contributed by atoms with van der Waals surface area (Å²) in [4.78, 5) is 0. The Balaban J connectivity index is 1.83. The third-order valence-electron chi connectivity index (χ3n) is 4.65. The van der Waals surface area contributed by atoms with E-state index in [2.05, 4.69) is 55.6 Å². The number of ether oxygens (including phenoxy) is 2. The molecule has 0 aliphatic rings. The van der Waals surface area contributed by atoms with Gasteiger partial charge in [0.1, 0.15) is 0 Å². The summed E-state index contributed by atoms with van der Waals surface area (Å²) >= 11 is 0. The van der Waals surface area contributed by atoms with Crippen LogP contribution in [0.2, 0.25) is 0 Å². The monoisotopic (exact) mass is 355 g/mol. The van der Waals surface area contributed by atoms with Gasteiger partial charge in [0.15, 0.2) is 11.5 Å². The van der Waals surface area contributed by atoms with Crippen molar-refractivity contribution in [3.05, 3.63) is 59.7 Å². The molecule has 0 saturated heterocycles. The zero-order valence-electron chi connectivity index (χ0n) is 16.5. The van der Waals surface area contributed by atoms with Gasteiger partial charge in [-0.2, -0.15) is 0 Å². The van der Waals surface area contributed by atoms with Crippen LogP contribution < -0.4 is 14.8 Å². The van der Waals surface area contributed by atoms with Crippen LogP contribution in [0, 0.1) is 0 Å². The SMILES string of the molecule is CCCCCCCOc1ccc(CNC(C)c2ccccc2)cc1OC. The smallest absolute Gasteiger partial charge is 0.161 e. The molecule has 3 heteroatoms. The van der Waals surface area contributed by atoms with Gasteiger partial charge in [-0.05, 0) is 36.6 Å². The van der Waals surface area contributed by atoms with Gasteiger partial charge in [0, 0.05) is 12.6 Å². The van der Waals surface area contributed by atoms with Crippen LogP contribution in [0.25, 0.3) is 0 Å². The molecular weight excluding hydrogens is 322 g/mol. The fourth-order valence-corrected chi connectivity index (χ4v) is 2.96. The van der Waals surface area contributed by atoms with Crippen LogP contribution in [0.5, 0.6) is 11.5 Å². The van der Waals surface area contributed by atoms with Crippen LogP contribution in [-0.4, -0.2) is 13.7 Å². The first-order valence-electron chi connectivity index (χ1n) is 9.82. The number of nitrogens with one attached hydrogen (secondary N) is 1. The third kappa shape index (κ3) is 6.72. The van der Waals surface area contributed by atoms with Gasteiger partial charge >= 0.3 is 0 Å². The second-order valence-corrected chi connectivity index (χ2v) is 6.76. The highest BCUT2D eigenvalue weighted by Crippen LogP contribution is 2.28. The molecule has 0 aliphatic heterocycles. The lowest BCUT2D eigenvalue weighted by Crippen LogP contribution is -2.18. The molecule has 0 saturated carbocycles. The molecule has 1 N–H and O–H groups in total. The van der Waals surface area contributed by atoms with Crippen LogP contribution in [0.3, 0.4) is 0 Å². The van der Waals surface area contributed by atoms with Crippen LogP contribution in [0.15, 0.2) is 48.5 Å². The molecule has 3 nitrogen and oxygen atoms in total. The molecule has 0 fully saturated rings. The van der Waals surface area contributed by atoms with E-state index >= 15 is 0 Å². The fourth-order valence-electron chi connectivity index (χ4n) is 2.96. The number of hydrogen-bond donors (Lipinski definition) is 1. The van der Waals surface area contributed by atoms with Gasteiger partial charge in [-0.3, -0.25) is 0 Å². The molecule has 2 aromatic carbocycles. The minimum Gasteiger partial charge on any atom is -0.493 e. The Morgan fingerprint density at radius 3 is 2.42 bits per heavy atom. The highest BCUT2D eigenvalue weighted by molar-refractivity contribution is 5.43. The van der Waals surface area contributed by atoms with Crippen molar-refractivity contribution in [3.8, 4) is 11.5 Å². The third-order valence-corrected chi connectivity index (χ3v) is 4.65. The minimum atomic E-state index is 0.307. The standard InChI is InChI=1S/C23H33NO2/c1-4-5-6-7-11-16-26-22-15-14-20(17-23(22)25-3)18-24-19(2)21-12-9-8-10-13-21/h8-10,12-15,17,19,24H,4-7,11,16,18H2,1-3H3. The lowest BCUT2D eigenvalue weighted by molar-refractivity contribution is 0.284.